The molecule has 7 heteroatoms. The minimum atomic E-state index is -4.31. The van der Waals surface area contributed by atoms with Crippen LogP contribution in [-0.2, 0) is 17.5 Å². The van der Waals surface area contributed by atoms with Crippen LogP contribution >= 0.6 is 0 Å². The zero-order valence-electron chi connectivity index (χ0n) is 15.5. The highest BCUT2D eigenvalue weighted by Gasteiger charge is 2.31. The summed E-state index contributed by atoms with van der Waals surface area (Å²) in [4.78, 5) is 14.4. The van der Waals surface area contributed by atoms with Gasteiger partial charge in [-0.05, 0) is 43.2 Å². The van der Waals surface area contributed by atoms with Crippen LogP contribution in [0.2, 0.25) is 0 Å². The lowest BCUT2D eigenvalue weighted by atomic mass is 9.98. The van der Waals surface area contributed by atoms with Crippen molar-refractivity contribution < 1.29 is 18.0 Å². The van der Waals surface area contributed by atoms with E-state index in [-0.39, 0.29) is 18.0 Å². The van der Waals surface area contributed by atoms with Gasteiger partial charge in [0.1, 0.15) is 0 Å². The van der Waals surface area contributed by atoms with E-state index in [1.807, 2.05) is 0 Å². The summed E-state index contributed by atoms with van der Waals surface area (Å²) in [6.07, 6.45) is 0.979. The molecule has 0 aromatic heterocycles. The number of rotatable bonds is 5. The first kappa shape index (κ1) is 20.1. The Morgan fingerprint density at radius 1 is 1.19 bits per heavy atom. The first-order chi connectivity index (χ1) is 12.8. The van der Waals surface area contributed by atoms with Crippen LogP contribution in [0, 0.1) is 5.92 Å². The van der Waals surface area contributed by atoms with Crippen LogP contribution in [0.15, 0.2) is 24.3 Å². The van der Waals surface area contributed by atoms with E-state index in [2.05, 4.69) is 10.2 Å². The first-order valence-corrected chi connectivity index (χ1v) is 9.74. The summed E-state index contributed by atoms with van der Waals surface area (Å²) in [7, 11) is 0. The number of benzene rings is 1. The summed E-state index contributed by atoms with van der Waals surface area (Å²) >= 11 is 0. The normalized spacial score (nSPS) is 24.9. The number of halogens is 3. The third-order valence-corrected chi connectivity index (χ3v) is 5.78. The Hall–Kier alpha value is -1.60. The SMILES string of the molecule is N[C@@H]1CCC[C@H]1CC(=O)NC1CCN(Cc2cccc(C(F)(F)F)c2)CC1. The molecule has 2 aliphatic rings. The lowest BCUT2D eigenvalue weighted by Gasteiger charge is -2.32. The van der Waals surface area contributed by atoms with Crippen molar-refractivity contribution in [2.45, 2.75) is 63.3 Å². The van der Waals surface area contributed by atoms with Gasteiger partial charge in [0, 0.05) is 38.1 Å². The van der Waals surface area contributed by atoms with E-state index in [0.717, 1.165) is 51.3 Å². The van der Waals surface area contributed by atoms with Crippen LogP contribution in [0.3, 0.4) is 0 Å². The number of likely N-dealkylation sites (tertiary alicyclic amines) is 1. The Kier molecular flexibility index (Phi) is 6.42. The first-order valence-electron chi connectivity index (χ1n) is 9.74. The molecule has 4 nitrogen and oxygen atoms in total. The van der Waals surface area contributed by atoms with Gasteiger partial charge in [0.2, 0.25) is 5.91 Å². The molecular formula is C20H28F3N3O. The molecule has 2 fully saturated rings. The minimum absolute atomic E-state index is 0.0775. The zero-order valence-corrected chi connectivity index (χ0v) is 15.5. The number of hydrogen-bond acceptors (Lipinski definition) is 3. The molecule has 1 aliphatic heterocycles. The Morgan fingerprint density at radius 2 is 1.93 bits per heavy atom. The highest BCUT2D eigenvalue weighted by molar-refractivity contribution is 5.76. The Morgan fingerprint density at radius 3 is 2.56 bits per heavy atom. The second-order valence-corrected chi connectivity index (χ2v) is 7.88. The maximum atomic E-state index is 12.8. The van der Waals surface area contributed by atoms with Gasteiger partial charge in [-0.2, -0.15) is 13.2 Å². The van der Waals surface area contributed by atoms with Crippen molar-refractivity contribution in [2.24, 2.45) is 11.7 Å². The summed E-state index contributed by atoms with van der Waals surface area (Å²) < 4.78 is 38.5. The molecule has 3 rings (SSSR count). The van der Waals surface area contributed by atoms with Crippen LogP contribution < -0.4 is 11.1 Å². The molecule has 1 aromatic rings. The average Bonchev–Trinajstić information content (AvgIpc) is 3.01. The second kappa shape index (κ2) is 8.61. The summed E-state index contributed by atoms with van der Waals surface area (Å²) in [5, 5.41) is 3.11. The molecule has 1 aliphatic carbocycles. The van der Waals surface area contributed by atoms with Crippen molar-refractivity contribution >= 4 is 5.91 Å². The fraction of sp³-hybridized carbons (Fsp3) is 0.650. The van der Waals surface area contributed by atoms with Gasteiger partial charge >= 0.3 is 6.18 Å². The number of carbonyl (C=O) groups is 1. The molecule has 150 valence electrons. The quantitative estimate of drug-likeness (QED) is 0.820. The van der Waals surface area contributed by atoms with Crippen molar-refractivity contribution in [1.29, 1.82) is 0 Å². The van der Waals surface area contributed by atoms with Crippen molar-refractivity contribution in [3.63, 3.8) is 0 Å². The molecule has 0 unspecified atom stereocenters. The van der Waals surface area contributed by atoms with Gasteiger partial charge in [-0.3, -0.25) is 9.69 Å². The van der Waals surface area contributed by atoms with Gasteiger partial charge in [-0.25, -0.2) is 0 Å². The van der Waals surface area contributed by atoms with Gasteiger partial charge in [-0.1, -0.05) is 24.6 Å². The lowest BCUT2D eigenvalue weighted by Crippen LogP contribution is -2.45. The molecule has 0 spiro atoms. The van der Waals surface area contributed by atoms with Crippen molar-refractivity contribution in [3.8, 4) is 0 Å². The van der Waals surface area contributed by atoms with E-state index < -0.39 is 11.7 Å². The third-order valence-electron chi connectivity index (χ3n) is 5.78. The number of nitrogens with one attached hydrogen (secondary N) is 1. The van der Waals surface area contributed by atoms with E-state index >= 15 is 0 Å². The number of alkyl halides is 3. The zero-order chi connectivity index (χ0) is 19.4. The molecule has 1 aromatic carbocycles. The highest BCUT2D eigenvalue weighted by atomic mass is 19.4. The lowest BCUT2D eigenvalue weighted by molar-refractivity contribution is -0.137. The number of carbonyl (C=O) groups excluding carboxylic acids is 1. The molecule has 0 bridgehead atoms. The molecule has 1 saturated carbocycles. The Labute approximate surface area is 158 Å². The molecule has 1 amide bonds. The monoisotopic (exact) mass is 383 g/mol. The predicted octanol–water partition coefficient (Wildman–Crippen LogP) is 3.30. The summed E-state index contributed by atoms with van der Waals surface area (Å²) in [5.41, 5.74) is 6.10. The Balaban J connectivity index is 1.43. The van der Waals surface area contributed by atoms with Gasteiger partial charge < -0.3 is 11.1 Å². The Bertz CT molecular complexity index is 642. The molecule has 0 radical (unpaired) electrons. The summed E-state index contributed by atoms with van der Waals surface area (Å²) in [5.74, 6) is 0.375. The number of nitrogens with two attached hydrogens (primary N) is 1. The largest absolute Gasteiger partial charge is 0.416 e. The van der Waals surface area contributed by atoms with E-state index in [9.17, 15) is 18.0 Å². The van der Waals surface area contributed by atoms with Crippen molar-refractivity contribution in [2.75, 3.05) is 13.1 Å². The number of amides is 1. The van der Waals surface area contributed by atoms with E-state index in [1.54, 1.807) is 6.07 Å². The van der Waals surface area contributed by atoms with Crippen LogP contribution in [0.5, 0.6) is 0 Å². The maximum absolute atomic E-state index is 12.8. The third kappa shape index (κ3) is 5.69. The van der Waals surface area contributed by atoms with E-state index in [1.165, 1.54) is 12.1 Å². The van der Waals surface area contributed by atoms with Crippen LogP contribution in [-0.4, -0.2) is 36.0 Å². The average molecular weight is 383 g/mol. The second-order valence-electron chi connectivity index (χ2n) is 7.88. The van der Waals surface area contributed by atoms with Crippen LogP contribution in [0.25, 0.3) is 0 Å². The van der Waals surface area contributed by atoms with Gasteiger partial charge in [0.15, 0.2) is 0 Å². The summed E-state index contributed by atoms with van der Waals surface area (Å²) in [6.45, 7) is 2.04. The molecule has 27 heavy (non-hydrogen) atoms. The number of hydrogen-bond donors (Lipinski definition) is 2. The fourth-order valence-electron chi connectivity index (χ4n) is 4.18. The molecule has 2 atom stereocenters. The van der Waals surface area contributed by atoms with Gasteiger partial charge in [0.25, 0.3) is 0 Å². The van der Waals surface area contributed by atoms with Crippen molar-refractivity contribution in [1.82, 2.24) is 10.2 Å². The fourth-order valence-corrected chi connectivity index (χ4v) is 4.18. The standard InChI is InChI=1S/C20H28F3N3O/c21-20(22,23)16-5-1-3-14(11-16)13-26-9-7-17(8-10-26)25-19(27)12-15-4-2-6-18(15)24/h1,3,5,11,15,17-18H,2,4,6-10,12-13,24H2,(H,25,27)/t15-,18+/m0/s1. The topological polar surface area (TPSA) is 58.4 Å². The van der Waals surface area contributed by atoms with Gasteiger partial charge in [0.05, 0.1) is 5.56 Å². The minimum Gasteiger partial charge on any atom is -0.353 e. The maximum Gasteiger partial charge on any atom is 0.416 e. The number of piperidine rings is 1. The van der Waals surface area contributed by atoms with Crippen LogP contribution in [0.1, 0.15) is 49.7 Å². The molecule has 1 heterocycles. The van der Waals surface area contributed by atoms with Crippen molar-refractivity contribution in [3.05, 3.63) is 35.4 Å². The smallest absolute Gasteiger partial charge is 0.353 e. The number of nitrogens with zero attached hydrogens (tertiary/aromatic N) is 1. The van der Waals surface area contributed by atoms with E-state index in [4.69, 9.17) is 5.73 Å². The molecule has 1 saturated heterocycles. The summed E-state index contributed by atoms with van der Waals surface area (Å²) in [6, 6.07) is 5.80. The molecule has 3 N–H and O–H groups in total. The predicted molar refractivity (Wildman–Crippen MR) is 97.8 cm³/mol. The van der Waals surface area contributed by atoms with Gasteiger partial charge in [-0.15, -0.1) is 0 Å². The van der Waals surface area contributed by atoms with Crippen LogP contribution in [0.4, 0.5) is 13.2 Å². The molecular weight excluding hydrogens is 355 g/mol. The van der Waals surface area contributed by atoms with E-state index in [0.29, 0.717) is 24.4 Å². The highest BCUT2D eigenvalue weighted by Crippen LogP contribution is 2.30.